The monoisotopic (exact) mass is 361 g/mol. The number of aromatic nitrogens is 3. The molecular weight excluding hydrogens is 348 g/mol. The minimum Gasteiger partial charge on any atom is -0.495 e. The molecule has 0 spiro atoms. The minimum atomic E-state index is -1.14. The van der Waals surface area contributed by atoms with Crippen molar-refractivity contribution in [2.24, 2.45) is 0 Å². The molecule has 2 aromatic heterocycles. The highest BCUT2D eigenvalue weighted by Gasteiger charge is 2.14. The van der Waals surface area contributed by atoms with Crippen LogP contribution in [0.2, 0.25) is 0 Å². The van der Waals surface area contributed by atoms with Crippen molar-refractivity contribution in [1.29, 1.82) is 0 Å². The van der Waals surface area contributed by atoms with Crippen molar-refractivity contribution in [3.8, 4) is 17.3 Å². The third-order valence-corrected chi connectivity index (χ3v) is 3.41. The largest absolute Gasteiger partial charge is 0.495 e. The minimum absolute atomic E-state index is 0.0271. The summed E-state index contributed by atoms with van der Waals surface area (Å²) < 4.78 is 38.5. The standard InChI is InChI=1S/C17H13F2N3O4/c1-25-14-5-15(26-9-10-2-12(18)4-13(19)3-10)16(20-7-14)22-8-11(6-21-22)17(23)24/h2-8H,9H2,1H3,(H,23,24). The molecule has 3 aromatic rings. The normalized spacial score (nSPS) is 10.6. The number of aromatic carboxylic acids is 1. The molecule has 134 valence electrons. The van der Waals surface area contributed by atoms with Gasteiger partial charge in [-0.25, -0.2) is 23.2 Å². The Morgan fingerprint density at radius 1 is 1.19 bits per heavy atom. The number of benzene rings is 1. The molecule has 2 heterocycles. The second-order valence-electron chi connectivity index (χ2n) is 5.24. The smallest absolute Gasteiger partial charge is 0.338 e. The Morgan fingerprint density at radius 2 is 1.92 bits per heavy atom. The molecule has 1 aromatic carbocycles. The molecule has 9 heteroatoms. The van der Waals surface area contributed by atoms with Gasteiger partial charge in [-0.3, -0.25) is 0 Å². The maximum Gasteiger partial charge on any atom is 0.338 e. The third kappa shape index (κ3) is 3.77. The van der Waals surface area contributed by atoms with E-state index < -0.39 is 17.6 Å². The fourth-order valence-electron chi connectivity index (χ4n) is 2.21. The highest BCUT2D eigenvalue weighted by molar-refractivity contribution is 5.87. The summed E-state index contributed by atoms with van der Waals surface area (Å²) in [6.45, 7) is -0.135. The number of nitrogens with zero attached hydrogens (tertiary/aromatic N) is 3. The summed E-state index contributed by atoms with van der Waals surface area (Å²) in [4.78, 5) is 15.2. The maximum absolute atomic E-state index is 13.3. The number of hydrogen-bond acceptors (Lipinski definition) is 5. The van der Waals surface area contributed by atoms with Gasteiger partial charge in [-0.05, 0) is 17.7 Å². The summed E-state index contributed by atoms with van der Waals surface area (Å²) in [7, 11) is 1.44. The van der Waals surface area contributed by atoms with Gasteiger partial charge in [-0.1, -0.05) is 0 Å². The molecule has 0 aliphatic heterocycles. The van der Waals surface area contributed by atoms with Gasteiger partial charge in [0.15, 0.2) is 11.6 Å². The maximum atomic E-state index is 13.3. The molecule has 0 amide bonds. The van der Waals surface area contributed by atoms with E-state index in [4.69, 9.17) is 14.6 Å². The summed E-state index contributed by atoms with van der Waals surface area (Å²) in [6.07, 6.45) is 3.85. The van der Waals surface area contributed by atoms with Gasteiger partial charge >= 0.3 is 5.97 Å². The van der Waals surface area contributed by atoms with Gasteiger partial charge in [0.1, 0.15) is 24.0 Å². The first-order valence-electron chi connectivity index (χ1n) is 7.36. The lowest BCUT2D eigenvalue weighted by Crippen LogP contribution is -2.05. The van der Waals surface area contributed by atoms with Gasteiger partial charge in [0.05, 0.1) is 25.1 Å². The first-order valence-corrected chi connectivity index (χ1v) is 7.36. The van der Waals surface area contributed by atoms with Crippen molar-refractivity contribution in [1.82, 2.24) is 14.8 Å². The zero-order valence-corrected chi connectivity index (χ0v) is 13.5. The number of rotatable bonds is 6. The van der Waals surface area contributed by atoms with E-state index in [0.29, 0.717) is 5.75 Å². The highest BCUT2D eigenvalue weighted by Crippen LogP contribution is 2.26. The zero-order valence-electron chi connectivity index (χ0n) is 13.5. The fraction of sp³-hybridized carbons (Fsp3) is 0.118. The van der Waals surface area contributed by atoms with Crippen LogP contribution in [0.15, 0.2) is 42.9 Å². The molecule has 0 radical (unpaired) electrons. The predicted molar refractivity (Wildman–Crippen MR) is 85.6 cm³/mol. The number of ether oxygens (including phenoxy) is 2. The van der Waals surface area contributed by atoms with E-state index >= 15 is 0 Å². The third-order valence-electron chi connectivity index (χ3n) is 3.41. The molecule has 0 saturated heterocycles. The lowest BCUT2D eigenvalue weighted by molar-refractivity contribution is 0.0697. The molecule has 0 atom stereocenters. The summed E-state index contributed by atoms with van der Waals surface area (Å²) in [5.41, 5.74) is 0.253. The van der Waals surface area contributed by atoms with Crippen LogP contribution in [-0.2, 0) is 6.61 Å². The quantitative estimate of drug-likeness (QED) is 0.727. The number of halogens is 2. The van der Waals surface area contributed by atoms with Crippen molar-refractivity contribution >= 4 is 5.97 Å². The van der Waals surface area contributed by atoms with Gasteiger partial charge in [0.2, 0.25) is 0 Å². The number of carboxylic acids is 1. The van der Waals surface area contributed by atoms with E-state index in [9.17, 15) is 13.6 Å². The molecule has 0 bridgehead atoms. The first kappa shape index (κ1) is 17.3. The molecule has 0 unspecified atom stereocenters. The Bertz CT molecular complexity index is 939. The summed E-state index contributed by atoms with van der Waals surface area (Å²) in [6, 6.07) is 4.57. The van der Waals surface area contributed by atoms with Gasteiger partial charge in [0, 0.05) is 18.3 Å². The second kappa shape index (κ2) is 7.18. The molecule has 7 nitrogen and oxygen atoms in total. The molecule has 0 saturated carbocycles. The van der Waals surface area contributed by atoms with Crippen LogP contribution in [0.5, 0.6) is 11.5 Å². The molecule has 26 heavy (non-hydrogen) atoms. The summed E-state index contributed by atoms with van der Waals surface area (Å²) in [5.74, 6) is -1.77. The van der Waals surface area contributed by atoms with E-state index in [1.165, 1.54) is 36.4 Å². The van der Waals surface area contributed by atoms with Crippen molar-refractivity contribution in [3.05, 3.63) is 65.6 Å². The Morgan fingerprint density at radius 3 is 2.54 bits per heavy atom. The summed E-state index contributed by atoms with van der Waals surface area (Å²) >= 11 is 0. The number of carboxylic acid groups (broad SMARTS) is 1. The van der Waals surface area contributed by atoms with Gasteiger partial charge in [-0.15, -0.1) is 0 Å². The first-order chi connectivity index (χ1) is 12.5. The average molecular weight is 361 g/mol. The average Bonchev–Trinajstić information content (AvgIpc) is 3.09. The molecule has 3 rings (SSSR count). The Balaban J connectivity index is 1.92. The SMILES string of the molecule is COc1cnc(-n2cc(C(=O)O)cn2)c(OCc2cc(F)cc(F)c2)c1. The molecule has 0 fully saturated rings. The van der Waals surface area contributed by atoms with Crippen molar-refractivity contribution < 1.29 is 28.2 Å². The fourth-order valence-corrected chi connectivity index (χ4v) is 2.21. The van der Waals surface area contributed by atoms with E-state index in [0.717, 1.165) is 18.2 Å². The molecular formula is C17H13F2N3O4. The van der Waals surface area contributed by atoms with E-state index in [-0.39, 0.29) is 29.3 Å². The van der Waals surface area contributed by atoms with Crippen LogP contribution in [0.25, 0.3) is 5.82 Å². The topological polar surface area (TPSA) is 86.5 Å². The van der Waals surface area contributed by atoms with Crippen molar-refractivity contribution in [2.45, 2.75) is 6.61 Å². The van der Waals surface area contributed by atoms with Gasteiger partial charge in [0.25, 0.3) is 0 Å². The Hall–Kier alpha value is -3.49. The van der Waals surface area contributed by atoms with E-state index in [2.05, 4.69) is 10.1 Å². The Labute approximate surface area is 146 Å². The predicted octanol–water partition coefficient (Wildman–Crippen LogP) is 2.83. The summed E-state index contributed by atoms with van der Waals surface area (Å²) in [5, 5.41) is 12.9. The lowest BCUT2D eigenvalue weighted by atomic mass is 10.2. The highest BCUT2D eigenvalue weighted by atomic mass is 19.1. The van der Waals surface area contributed by atoms with Crippen LogP contribution in [0.4, 0.5) is 8.78 Å². The van der Waals surface area contributed by atoms with Crippen molar-refractivity contribution in [2.75, 3.05) is 7.11 Å². The van der Waals surface area contributed by atoms with Crippen LogP contribution >= 0.6 is 0 Å². The van der Waals surface area contributed by atoms with Crippen LogP contribution < -0.4 is 9.47 Å². The number of pyridine rings is 1. The van der Waals surface area contributed by atoms with Crippen molar-refractivity contribution in [3.63, 3.8) is 0 Å². The van der Waals surface area contributed by atoms with E-state index in [1.54, 1.807) is 0 Å². The molecule has 0 aliphatic rings. The number of hydrogen-bond donors (Lipinski definition) is 1. The number of methoxy groups -OCH3 is 1. The molecule has 1 N–H and O–H groups in total. The van der Waals surface area contributed by atoms with E-state index in [1.807, 2.05) is 0 Å². The van der Waals surface area contributed by atoms with Gasteiger partial charge < -0.3 is 14.6 Å². The van der Waals surface area contributed by atoms with Crippen LogP contribution in [0.1, 0.15) is 15.9 Å². The van der Waals surface area contributed by atoms with Crippen LogP contribution in [0.3, 0.4) is 0 Å². The Kier molecular flexibility index (Phi) is 4.78. The lowest BCUT2D eigenvalue weighted by Gasteiger charge is -2.12. The second-order valence-corrected chi connectivity index (χ2v) is 5.24. The zero-order chi connectivity index (χ0) is 18.7. The van der Waals surface area contributed by atoms with Crippen LogP contribution in [0, 0.1) is 11.6 Å². The number of carbonyl (C=O) groups is 1. The van der Waals surface area contributed by atoms with Gasteiger partial charge in [-0.2, -0.15) is 5.10 Å². The molecule has 0 aliphatic carbocycles. The van der Waals surface area contributed by atoms with Crippen LogP contribution in [-0.4, -0.2) is 33.0 Å².